The van der Waals surface area contributed by atoms with Crippen LogP contribution in [0.3, 0.4) is 0 Å². The van der Waals surface area contributed by atoms with E-state index in [0.717, 1.165) is 31.2 Å². The Morgan fingerprint density at radius 3 is 2.55 bits per heavy atom. The van der Waals surface area contributed by atoms with E-state index in [-0.39, 0.29) is 9.67 Å². The summed E-state index contributed by atoms with van der Waals surface area (Å²) < 4.78 is 24.0. The molecule has 0 bridgehead atoms. The minimum absolute atomic E-state index is 0.184. The summed E-state index contributed by atoms with van der Waals surface area (Å²) in [7, 11) is 0. The molecule has 2 saturated heterocycles. The molecule has 2 fully saturated rings. The summed E-state index contributed by atoms with van der Waals surface area (Å²) in [6.07, 6.45) is 1.84. The zero-order valence-corrected chi connectivity index (χ0v) is 19.7. The molecule has 3 rings (SSSR count). The Morgan fingerprint density at radius 1 is 1.16 bits per heavy atom. The fourth-order valence-corrected chi connectivity index (χ4v) is 5.53. The molecular formula is C23H35NO6S. The fourth-order valence-electron chi connectivity index (χ4n) is 3.97. The van der Waals surface area contributed by atoms with Crippen LogP contribution < -0.4 is 0 Å². The predicted molar refractivity (Wildman–Crippen MR) is 121 cm³/mol. The van der Waals surface area contributed by atoms with E-state index < -0.39 is 36.1 Å². The highest BCUT2D eigenvalue weighted by Gasteiger charge is 2.57. The Morgan fingerprint density at radius 2 is 1.90 bits per heavy atom. The molecule has 0 amide bonds. The molecule has 0 aromatic heterocycles. The van der Waals surface area contributed by atoms with Gasteiger partial charge < -0.3 is 18.9 Å². The first kappa shape index (κ1) is 24.5. The second-order valence-corrected chi connectivity index (χ2v) is 11.1. The summed E-state index contributed by atoms with van der Waals surface area (Å²) >= 11 is 1.57. The molecule has 1 aromatic rings. The molecule has 174 valence electrons. The van der Waals surface area contributed by atoms with Crippen molar-refractivity contribution in [3.8, 4) is 0 Å². The third-order valence-electron chi connectivity index (χ3n) is 5.39. The van der Waals surface area contributed by atoms with Crippen LogP contribution in [0.1, 0.15) is 65.2 Å². The van der Waals surface area contributed by atoms with Crippen molar-refractivity contribution >= 4 is 11.8 Å². The van der Waals surface area contributed by atoms with Crippen LogP contribution >= 0.6 is 11.8 Å². The van der Waals surface area contributed by atoms with Crippen LogP contribution in [0.15, 0.2) is 30.3 Å². The summed E-state index contributed by atoms with van der Waals surface area (Å²) in [6, 6.07) is 8.65. The van der Waals surface area contributed by atoms with Crippen LogP contribution in [0.4, 0.5) is 0 Å². The quantitative estimate of drug-likeness (QED) is 0.297. The molecule has 0 unspecified atom stereocenters. The largest absolute Gasteiger partial charge is 0.347 e. The van der Waals surface area contributed by atoms with E-state index >= 15 is 0 Å². The maximum atomic E-state index is 12.2. The molecule has 7 nitrogen and oxygen atoms in total. The van der Waals surface area contributed by atoms with Crippen molar-refractivity contribution in [3.63, 3.8) is 0 Å². The Balaban J connectivity index is 1.79. The van der Waals surface area contributed by atoms with Gasteiger partial charge in [-0.2, -0.15) is 0 Å². The number of hydrogen-bond acceptors (Lipinski definition) is 7. The zero-order valence-electron chi connectivity index (χ0n) is 18.9. The summed E-state index contributed by atoms with van der Waals surface area (Å²) in [5.41, 5.74) is 0.896. The van der Waals surface area contributed by atoms with Gasteiger partial charge in [0.05, 0.1) is 13.2 Å². The van der Waals surface area contributed by atoms with Gasteiger partial charge in [-0.25, -0.2) is 0 Å². The maximum Gasteiger partial charge on any atom is 0.277 e. The Hall–Kier alpha value is -1.19. The number of fused-ring (bicyclic) bond motifs is 1. The van der Waals surface area contributed by atoms with Crippen LogP contribution in [-0.4, -0.2) is 52.7 Å². The molecule has 6 atom stereocenters. The minimum Gasteiger partial charge on any atom is -0.347 e. The monoisotopic (exact) mass is 453 g/mol. The number of unbranched alkanes of at least 4 members (excludes halogenated alkanes) is 3. The van der Waals surface area contributed by atoms with Gasteiger partial charge in [-0.3, -0.25) is 10.1 Å². The number of nitro groups is 1. The number of thioether (sulfide) groups is 1. The topological polar surface area (TPSA) is 80.1 Å². The number of nitrogens with zero attached hydrogens (tertiary/aromatic N) is 1. The van der Waals surface area contributed by atoms with Crippen LogP contribution in [-0.2, 0) is 18.9 Å². The summed E-state index contributed by atoms with van der Waals surface area (Å²) in [6.45, 7) is 9.10. The molecule has 0 spiro atoms. The first-order valence-electron chi connectivity index (χ1n) is 11.2. The lowest BCUT2D eigenvalue weighted by Gasteiger charge is -2.47. The second-order valence-electron chi connectivity index (χ2n) is 9.12. The van der Waals surface area contributed by atoms with E-state index in [1.165, 1.54) is 0 Å². The highest BCUT2D eigenvalue weighted by Crippen LogP contribution is 2.43. The van der Waals surface area contributed by atoms with Gasteiger partial charge >= 0.3 is 0 Å². The average molecular weight is 454 g/mol. The lowest BCUT2D eigenvalue weighted by molar-refractivity contribution is -0.562. The third kappa shape index (κ3) is 6.65. The molecule has 1 aromatic carbocycles. The molecule has 0 saturated carbocycles. The first-order valence-corrected chi connectivity index (χ1v) is 12.1. The Labute approximate surface area is 189 Å². The van der Waals surface area contributed by atoms with Gasteiger partial charge in [-0.1, -0.05) is 77.3 Å². The minimum atomic E-state index is -1.01. The van der Waals surface area contributed by atoms with Gasteiger partial charge in [-0.15, -0.1) is 11.8 Å². The molecule has 2 aliphatic heterocycles. The van der Waals surface area contributed by atoms with Crippen LogP contribution in [0, 0.1) is 10.1 Å². The molecule has 0 radical (unpaired) electrons. The van der Waals surface area contributed by atoms with E-state index in [0.29, 0.717) is 13.2 Å². The van der Waals surface area contributed by atoms with E-state index in [1.807, 2.05) is 30.3 Å². The van der Waals surface area contributed by atoms with Crippen molar-refractivity contribution in [3.05, 3.63) is 46.0 Å². The maximum absolute atomic E-state index is 12.2. The van der Waals surface area contributed by atoms with Gasteiger partial charge in [0.15, 0.2) is 6.29 Å². The lowest BCUT2D eigenvalue weighted by atomic mass is 9.98. The van der Waals surface area contributed by atoms with Gasteiger partial charge in [0.2, 0.25) is 6.29 Å². The fraction of sp³-hybridized carbons (Fsp3) is 0.739. The standard InChI is InChI=1S/C23H35NO6S/c1-5-6-7-11-14-27-22-18(24(25)26)20(31-23(2,3)4)19-17(29-22)15-28-21(30-19)16-12-9-8-10-13-16/h8-10,12-13,17-22H,5-7,11,14-15H2,1-4H3/t17-,18-,19-,20-,21-,22-/m1/s1. The van der Waals surface area contributed by atoms with E-state index in [4.69, 9.17) is 18.9 Å². The average Bonchev–Trinajstić information content (AvgIpc) is 2.72. The summed E-state index contributed by atoms with van der Waals surface area (Å²) in [5.74, 6) is 0. The van der Waals surface area contributed by atoms with E-state index in [9.17, 15) is 10.1 Å². The number of rotatable bonds is 9. The lowest BCUT2D eigenvalue weighted by Crippen LogP contribution is -2.63. The highest BCUT2D eigenvalue weighted by atomic mass is 32.2. The Bertz CT molecular complexity index is 697. The second kappa shape index (κ2) is 11.1. The van der Waals surface area contributed by atoms with Crippen LogP contribution in [0.5, 0.6) is 0 Å². The number of ether oxygens (including phenoxy) is 4. The van der Waals surface area contributed by atoms with E-state index in [1.54, 1.807) is 11.8 Å². The zero-order chi connectivity index (χ0) is 22.4. The van der Waals surface area contributed by atoms with Crippen molar-refractivity contribution in [2.75, 3.05) is 13.2 Å². The predicted octanol–water partition coefficient (Wildman–Crippen LogP) is 4.97. The van der Waals surface area contributed by atoms with E-state index in [2.05, 4.69) is 27.7 Å². The molecule has 0 N–H and O–H groups in total. The van der Waals surface area contributed by atoms with Crippen molar-refractivity contribution in [2.45, 2.75) is 94.2 Å². The van der Waals surface area contributed by atoms with Gasteiger partial charge in [0.1, 0.15) is 17.5 Å². The normalized spacial score (nSPS) is 31.2. The molecule has 2 heterocycles. The first-order chi connectivity index (χ1) is 14.8. The third-order valence-corrected chi connectivity index (χ3v) is 6.92. The molecule has 2 aliphatic rings. The van der Waals surface area contributed by atoms with Crippen molar-refractivity contribution in [2.24, 2.45) is 0 Å². The van der Waals surface area contributed by atoms with Gasteiger partial charge in [0.25, 0.3) is 6.04 Å². The smallest absolute Gasteiger partial charge is 0.277 e. The van der Waals surface area contributed by atoms with Crippen LogP contribution in [0.25, 0.3) is 0 Å². The van der Waals surface area contributed by atoms with Gasteiger partial charge in [-0.05, 0) is 6.42 Å². The number of benzene rings is 1. The SMILES string of the molecule is CCCCCCO[C@@H]1O[C@@H]2CO[C@@H](c3ccccc3)O[C@H]2[C@H](SC(C)(C)C)[C@H]1[N+](=O)[O-]. The molecule has 8 heteroatoms. The highest BCUT2D eigenvalue weighted by molar-refractivity contribution is 8.01. The summed E-state index contributed by atoms with van der Waals surface area (Å²) in [4.78, 5) is 11.9. The van der Waals surface area contributed by atoms with Crippen molar-refractivity contribution < 1.29 is 23.9 Å². The molecular weight excluding hydrogens is 418 g/mol. The summed E-state index contributed by atoms with van der Waals surface area (Å²) in [5, 5.41) is 11.8. The molecule has 31 heavy (non-hydrogen) atoms. The van der Waals surface area contributed by atoms with Gasteiger partial charge in [0, 0.05) is 15.2 Å². The number of hydrogen-bond donors (Lipinski definition) is 0. The van der Waals surface area contributed by atoms with Crippen molar-refractivity contribution in [1.82, 2.24) is 0 Å². The Kier molecular flexibility index (Phi) is 8.75. The molecule has 0 aliphatic carbocycles. The van der Waals surface area contributed by atoms with Crippen LogP contribution in [0.2, 0.25) is 0 Å². The van der Waals surface area contributed by atoms with Crippen molar-refractivity contribution in [1.29, 1.82) is 0 Å².